The van der Waals surface area contributed by atoms with Gasteiger partial charge in [0.1, 0.15) is 0 Å². The molecule has 0 aliphatic heterocycles. The zero-order chi connectivity index (χ0) is 17.5. The Balaban J connectivity index is 2.01. The molecule has 0 amide bonds. The van der Waals surface area contributed by atoms with Gasteiger partial charge in [-0.1, -0.05) is 23.2 Å². The summed E-state index contributed by atoms with van der Waals surface area (Å²) in [6.07, 6.45) is 0. The van der Waals surface area contributed by atoms with Gasteiger partial charge >= 0.3 is 5.76 Å². The van der Waals surface area contributed by atoms with Crippen LogP contribution in [0.5, 0.6) is 0 Å². The van der Waals surface area contributed by atoms with E-state index in [0.29, 0.717) is 17.1 Å². The average Bonchev–Trinajstić information content (AvgIpc) is 2.84. The Morgan fingerprint density at radius 1 is 1.12 bits per heavy atom. The molecule has 9 heteroatoms. The molecule has 0 unspecified atom stereocenters. The highest BCUT2D eigenvalue weighted by molar-refractivity contribution is 7.92. The Kier molecular flexibility index (Phi) is 4.33. The lowest BCUT2D eigenvalue weighted by atomic mass is 10.3. The molecule has 1 aromatic heterocycles. The molecule has 0 saturated heterocycles. The monoisotopic (exact) mass is 386 g/mol. The van der Waals surface area contributed by atoms with Gasteiger partial charge in [0.2, 0.25) is 0 Å². The Labute approximate surface area is 147 Å². The number of oxazole rings is 1. The second-order valence-electron chi connectivity index (χ2n) is 4.98. The molecule has 2 aromatic carbocycles. The van der Waals surface area contributed by atoms with E-state index in [1.54, 1.807) is 6.92 Å². The first-order valence-electron chi connectivity index (χ1n) is 6.93. The van der Waals surface area contributed by atoms with Crippen molar-refractivity contribution in [3.63, 3.8) is 0 Å². The van der Waals surface area contributed by atoms with Crippen LogP contribution in [0.4, 0.5) is 5.69 Å². The Morgan fingerprint density at radius 2 is 1.88 bits per heavy atom. The third kappa shape index (κ3) is 3.02. The highest BCUT2D eigenvalue weighted by Gasteiger charge is 2.18. The van der Waals surface area contributed by atoms with Gasteiger partial charge in [0.15, 0.2) is 5.58 Å². The summed E-state index contributed by atoms with van der Waals surface area (Å²) in [7, 11) is -3.87. The first-order valence-corrected chi connectivity index (χ1v) is 9.17. The summed E-state index contributed by atoms with van der Waals surface area (Å²) in [6, 6.07) is 8.65. The molecule has 0 spiro atoms. The highest BCUT2D eigenvalue weighted by atomic mass is 35.5. The van der Waals surface area contributed by atoms with Crippen molar-refractivity contribution in [2.45, 2.75) is 18.4 Å². The quantitative estimate of drug-likeness (QED) is 0.740. The molecule has 1 heterocycles. The largest absolute Gasteiger partial charge is 0.419 e. The number of hydrogen-bond acceptors (Lipinski definition) is 4. The maximum Gasteiger partial charge on any atom is 0.419 e. The maximum atomic E-state index is 12.5. The minimum Gasteiger partial charge on any atom is -0.408 e. The Morgan fingerprint density at radius 3 is 2.54 bits per heavy atom. The van der Waals surface area contributed by atoms with Crippen LogP contribution in [0.2, 0.25) is 10.0 Å². The van der Waals surface area contributed by atoms with Crippen molar-refractivity contribution in [1.29, 1.82) is 0 Å². The summed E-state index contributed by atoms with van der Waals surface area (Å²) in [5.74, 6) is -0.528. The van der Waals surface area contributed by atoms with Crippen molar-refractivity contribution in [3.05, 3.63) is 57.0 Å². The predicted octanol–water partition coefficient (Wildman–Crippen LogP) is 3.72. The molecular formula is C15H12Cl2N2O4S. The van der Waals surface area contributed by atoms with E-state index in [4.69, 9.17) is 27.6 Å². The molecule has 3 rings (SSSR count). The molecule has 6 nitrogen and oxygen atoms in total. The second kappa shape index (κ2) is 6.16. The van der Waals surface area contributed by atoms with Gasteiger partial charge in [-0.2, -0.15) is 0 Å². The molecule has 0 atom stereocenters. The molecule has 0 radical (unpaired) electrons. The van der Waals surface area contributed by atoms with E-state index in [-0.39, 0.29) is 21.2 Å². The van der Waals surface area contributed by atoms with Crippen LogP contribution >= 0.6 is 23.2 Å². The molecular weight excluding hydrogens is 375 g/mol. The van der Waals surface area contributed by atoms with Gasteiger partial charge in [-0.15, -0.1) is 0 Å². The maximum absolute atomic E-state index is 12.5. The van der Waals surface area contributed by atoms with E-state index in [1.165, 1.54) is 41.0 Å². The number of benzene rings is 2. The number of fused-ring (bicyclic) bond motifs is 1. The molecule has 3 aromatic rings. The lowest BCUT2D eigenvalue weighted by Gasteiger charge is -2.09. The molecule has 0 bridgehead atoms. The van der Waals surface area contributed by atoms with Crippen molar-refractivity contribution in [2.24, 2.45) is 0 Å². The van der Waals surface area contributed by atoms with E-state index in [2.05, 4.69) is 4.72 Å². The fraction of sp³-hybridized carbons (Fsp3) is 0.133. The summed E-state index contributed by atoms with van der Waals surface area (Å²) in [6.45, 7) is 2.23. The number of anilines is 1. The lowest BCUT2D eigenvalue weighted by molar-refractivity contribution is 0.512. The number of nitrogens with one attached hydrogen (secondary N) is 1. The number of aryl methyl sites for hydroxylation is 1. The number of nitrogens with zero attached hydrogens (tertiary/aromatic N) is 1. The van der Waals surface area contributed by atoms with Crippen molar-refractivity contribution < 1.29 is 12.8 Å². The van der Waals surface area contributed by atoms with Crippen LogP contribution in [0.15, 0.2) is 50.5 Å². The van der Waals surface area contributed by atoms with E-state index in [0.717, 1.165) is 0 Å². The summed E-state index contributed by atoms with van der Waals surface area (Å²) in [5.41, 5.74) is 1.02. The lowest BCUT2D eigenvalue weighted by Crippen LogP contribution is -2.13. The van der Waals surface area contributed by atoms with E-state index < -0.39 is 15.8 Å². The third-order valence-corrected chi connectivity index (χ3v) is 5.56. The van der Waals surface area contributed by atoms with E-state index >= 15 is 0 Å². The Bertz CT molecular complexity index is 1090. The highest BCUT2D eigenvalue weighted by Crippen LogP contribution is 2.27. The SMILES string of the molecule is CCn1c(=O)oc2cc(S(=O)(=O)Nc3ccc(Cl)c(Cl)c3)ccc21. The predicted molar refractivity (Wildman–Crippen MR) is 93.4 cm³/mol. The summed E-state index contributed by atoms with van der Waals surface area (Å²) >= 11 is 11.7. The molecule has 0 fully saturated rings. The van der Waals surface area contributed by atoms with Crippen molar-refractivity contribution >= 4 is 50.0 Å². The van der Waals surface area contributed by atoms with Gasteiger partial charge in [-0.25, -0.2) is 13.2 Å². The van der Waals surface area contributed by atoms with Gasteiger partial charge in [0.25, 0.3) is 10.0 Å². The molecule has 0 saturated carbocycles. The van der Waals surface area contributed by atoms with E-state index in [1.807, 2.05) is 0 Å². The van der Waals surface area contributed by atoms with Gasteiger partial charge in [0, 0.05) is 12.6 Å². The molecule has 126 valence electrons. The standard InChI is InChI=1S/C15H12Cl2N2O4S/c1-2-19-13-6-4-10(8-14(13)23-15(19)20)24(21,22)18-9-3-5-11(16)12(17)7-9/h3-8,18H,2H2,1H3. The topological polar surface area (TPSA) is 81.3 Å². The number of halogens is 2. The fourth-order valence-corrected chi connectivity index (χ4v) is 3.65. The minimum absolute atomic E-state index is 0.0296. The molecule has 0 aliphatic carbocycles. The van der Waals surface area contributed by atoms with Crippen LogP contribution in [0.3, 0.4) is 0 Å². The molecule has 24 heavy (non-hydrogen) atoms. The number of hydrogen-bond donors (Lipinski definition) is 1. The fourth-order valence-electron chi connectivity index (χ4n) is 2.29. The first-order chi connectivity index (χ1) is 11.3. The van der Waals surface area contributed by atoms with Crippen LogP contribution in [0.1, 0.15) is 6.92 Å². The van der Waals surface area contributed by atoms with Gasteiger partial charge in [-0.05, 0) is 37.3 Å². The summed E-state index contributed by atoms with van der Waals surface area (Å²) in [4.78, 5) is 11.7. The second-order valence-corrected chi connectivity index (χ2v) is 7.47. The van der Waals surface area contributed by atoms with Gasteiger partial charge < -0.3 is 4.42 Å². The van der Waals surface area contributed by atoms with Crippen molar-refractivity contribution in [3.8, 4) is 0 Å². The number of aromatic nitrogens is 1. The van der Waals surface area contributed by atoms with Crippen molar-refractivity contribution in [2.75, 3.05) is 4.72 Å². The number of rotatable bonds is 4. The summed E-state index contributed by atoms with van der Waals surface area (Å²) < 4.78 is 33.9. The van der Waals surface area contributed by atoms with Crippen LogP contribution in [-0.2, 0) is 16.6 Å². The van der Waals surface area contributed by atoms with Crippen LogP contribution in [0.25, 0.3) is 11.1 Å². The van der Waals surface area contributed by atoms with Crippen LogP contribution in [-0.4, -0.2) is 13.0 Å². The van der Waals surface area contributed by atoms with Crippen LogP contribution < -0.4 is 10.5 Å². The van der Waals surface area contributed by atoms with Crippen LogP contribution in [0, 0.1) is 0 Å². The first kappa shape index (κ1) is 16.9. The van der Waals surface area contributed by atoms with Gasteiger partial charge in [0.05, 0.1) is 26.1 Å². The normalized spacial score (nSPS) is 11.8. The number of sulfonamides is 1. The Hall–Kier alpha value is -1.96. The third-order valence-electron chi connectivity index (χ3n) is 3.44. The van der Waals surface area contributed by atoms with Gasteiger partial charge in [-0.3, -0.25) is 9.29 Å². The van der Waals surface area contributed by atoms with E-state index in [9.17, 15) is 13.2 Å². The molecule has 1 N–H and O–H groups in total. The average molecular weight is 387 g/mol. The smallest absolute Gasteiger partial charge is 0.408 e. The zero-order valence-corrected chi connectivity index (χ0v) is 14.7. The summed E-state index contributed by atoms with van der Waals surface area (Å²) in [5, 5.41) is 0.557. The zero-order valence-electron chi connectivity index (χ0n) is 12.4. The van der Waals surface area contributed by atoms with Crippen molar-refractivity contribution in [1.82, 2.24) is 4.57 Å². The molecule has 0 aliphatic rings. The minimum atomic E-state index is -3.87.